The van der Waals surface area contributed by atoms with E-state index in [1.807, 2.05) is 9.71 Å². The molecule has 0 unspecified atom stereocenters. The predicted octanol–water partition coefficient (Wildman–Crippen LogP) is -2.18. The van der Waals surface area contributed by atoms with Gasteiger partial charge < -0.3 is 10.1 Å². The number of H-pyrrole nitrogens is 2. The molecule has 1 aromatic rings. The van der Waals surface area contributed by atoms with Crippen LogP contribution in [0.3, 0.4) is 0 Å². The van der Waals surface area contributed by atoms with E-state index in [1.165, 1.54) is 0 Å². The van der Waals surface area contributed by atoms with Crippen LogP contribution in [0.25, 0.3) is 0 Å². The third kappa shape index (κ3) is 3.53. The monoisotopic (exact) mass is 263 g/mol. The number of aromatic nitrogens is 2. The van der Waals surface area contributed by atoms with Crippen molar-refractivity contribution in [2.24, 2.45) is 0 Å². The van der Waals surface area contributed by atoms with Crippen molar-refractivity contribution in [2.45, 2.75) is 11.3 Å². The fourth-order valence-electron chi connectivity index (χ4n) is 0.967. The van der Waals surface area contributed by atoms with Crippen molar-refractivity contribution in [1.82, 2.24) is 14.7 Å². The molecule has 0 atom stereocenters. The zero-order valence-corrected chi connectivity index (χ0v) is 9.20. The Bertz CT molecular complexity index is 627. The van der Waals surface area contributed by atoms with E-state index in [1.54, 1.807) is 4.98 Å². The summed E-state index contributed by atoms with van der Waals surface area (Å²) in [5, 5.41) is 8.32. The van der Waals surface area contributed by atoms with E-state index < -0.39 is 38.6 Å². The highest BCUT2D eigenvalue weighted by Gasteiger charge is 2.18. The molecule has 0 aliphatic rings. The van der Waals surface area contributed by atoms with Crippen LogP contribution in [-0.2, 0) is 14.8 Å². The Morgan fingerprint density at radius 3 is 2.59 bits per heavy atom. The number of hydrogen-bond acceptors (Lipinski definition) is 5. The Morgan fingerprint density at radius 1 is 1.41 bits per heavy atom. The second-order valence-electron chi connectivity index (χ2n) is 2.98. The highest BCUT2D eigenvalue weighted by molar-refractivity contribution is 7.89. The van der Waals surface area contributed by atoms with E-state index in [4.69, 9.17) is 5.11 Å². The summed E-state index contributed by atoms with van der Waals surface area (Å²) in [5.41, 5.74) is -1.91. The molecular weight excluding hydrogens is 254 g/mol. The number of aliphatic carboxylic acids is 1. The molecule has 0 aromatic carbocycles. The van der Waals surface area contributed by atoms with Gasteiger partial charge in [-0.3, -0.25) is 14.6 Å². The molecule has 1 aromatic heterocycles. The molecule has 0 amide bonds. The van der Waals surface area contributed by atoms with E-state index in [9.17, 15) is 22.8 Å². The first-order valence-corrected chi connectivity index (χ1v) is 5.85. The summed E-state index contributed by atoms with van der Waals surface area (Å²) in [7, 11) is -4.13. The van der Waals surface area contributed by atoms with E-state index >= 15 is 0 Å². The first kappa shape index (κ1) is 13.1. The molecular formula is C7H9N3O6S. The van der Waals surface area contributed by atoms with Gasteiger partial charge in [-0.1, -0.05) is 0 Å². The van der Waals surface area contributed by atoms with Crippen molar-refractivity contribution < 1.29 is 18.3 Å². The Labute approximate surface area is 94.6 Å². The van der Waals surface area contributed by atoms with Gasteiger partial charge in [0.25, 0.3) is 5.56 Å². The zero-order valence-electron chi connectivity index (χ0n) is 8.39. The quantitative estimate of drug-likeness (QED) is 0.474. The first-order chi connectivity index (χ1) is 7.83. The van der Waals surface area contributed by atoms with Crippen LogP contribution >= 0.6 is 0 Å². The minimum atomic E-state index is -4.13. The van der Waals surface area contributed by atoms with E-state index in [0.29, 0.717) is 0 Å². The smallest absolute Gasteiger partial charge is 0.325 e. The molecule has 17 heavy (non-hydrogen) atoms. The molecule has 4 N–H and O–H groups in total. The van der Waals surface area contributed by atoms with Gasteiger partial charge in [0.15, 0.2) is 4.90 Å². The van der Waals surface area contributed by atoms with Gasteiger partial charge in [-0.2, -0.15) is 0 Å². The largest absolute Gasteiger partial charge is 0.481 e. The molecule has 0 saturated heterocycles. The van der Waals surface area contributed by atoms with Crippen LogP contribution in [0.4, 0.5) is 0 Å². The van der Waals surface area contributed by atoms with Crippen LogP contribution < -0.4 is 16.0 Å². The van der Waals surface area contributed by atoms with E-state index in [-0.39, 0.29) is 6.54 Å². The van der Waals surface area contributed by atoms with Crippen LogP contribution in [0.1, 0.15) is 6.42 Å². The summed E-state index contributed by atoms with van der Waals surface area (Å²) in [6, 6.07) is 0. The van der Waals surface area contributed by atoms with Crippen LogP contribution in [0, 0.1) is 0 Å². The highest BCUT2D eigenvalue weighted by Crippen LogP contribution is 1.97. The number of carbonyl (C=O) groups is 1. The summed E-state index contributed by atoms with van der Waals surface area (Å²) in [6.07, 6.45) is 0.324. The Morgan fingerprint density at radius 2 is 2.06 bits per heavy atom. The lowest BCUT2D eigenvalue weighted by molar-refractivity contribution is -0.136. The summed E-state index contributed by atoms with van der Waals surface area (Å²) < 4.78 is 24.9. The van der Waals surface area contributed by atoms with Gasteiger partial charge >= 0.3 is 11.7 Å². The molecule has 9 nitrogen and oxygen atoms in total. The molecule has 0 spiro atoms. The molecule has 94 valence electrons. The Balaban J connectivity index is 2.94. The van der Waals surface area contributed by atoms with Gasteiger partial charge in [0.2, 0.25) is 10.0 Å². The van der Waals surface area contributed by atoms with Crippen molar-refractivity contribution >= 4 is 16.0 Å². The zero-order chi connectivity index (χ0) is 13.1. The molecule has 0 fully saturated rings. The lowest BCUT2D eigenvalue weighted by Gasteiger charge is -2.03. The predicted molar refractivity (Wildman–Crippen MR) is 55.1 cm³/mol. The maximum Gasteiger partial charge on any atom is 0.325 e. The standard InChI is InChI=1S/C7H9N3O6S/c11-5(12)1-2-9-17(15,16)4-3-8-7(14)10-6(4)13/h3,9H,1-2H2,(H,11,12)(H2,8,10,13,14). The number of carboxylic acids is 1. The number of nitrogens with one attached hydrogen (secondary N) is 3. The Hall–Kier alpha value is -1.94. The summed E-state index contributed by atoms with van der Waals surface area (Å²) in [5.74, 6) is -1.18. The summed E-state index contributed by atoms with van der Waals surface area (Å²) >= 11 is 0. The minimum absolute atomic E-state index is 0.351. The normalized spacial score (nSPS) is 11.3. The summed E-state index contributed by atoms with van der Waals surface area (Å²) in [4.78, 5) is 35.1. The third-order valence-corrected chi connectivity index (χ3v) is 3.17. The van der Waals surface area contributed by atoms with Gasteiger partial charge in [-0.15, -0.1) is 0 Å². The molecule has 0 aliphatic carbocycles. The maximum absolute atomic E-state index is 11.5. The number of carboxylic acid groups (broad SMARTS) is 1. The van der Waals surface area contributed by atoms with Gasteiger partial charge in [0.05, 0.1) is 6.42 Å². The van der Waals surface area contributed by atoms with Crippen LogP contribution in [0.5, 0.6) is 0 Å². The lowest BCUT2D eigenvalue weighted by Crippen LogP contribution is -2.34. The van der Waals surface area contributed by atoms with E-state index in [2.05, 4.69) is 0 Å². The SMILES string of the molecule is O=C(O)CCNS(=O)(=O)c1c[nH]c(=O)[nH]c1=O. The second kappa shape index (κ2) is 4.93. The molecule has 10 heteroatoms. The van der Waals surface area contributed by atoms with Gasteiger partial charge in [-0.05, 0) is 0 Å². The number of hydrogen-bond donors (Lipinski definition) is 4. The van der Waals surface area contributed by atoms with Crippen molar-refractivity contribution in [3.63, 3.8) is 0 Å². The third-order valence-electron chi connectivity index (χ3n) is 1.71. The maximum atomic E-state index is 11.5. The highest BCUT2D eigenvalue weighted by atomic mass is 32.2. The lowest BCUT2D eigenvalue weighted by atomic mass is 10.5. The molecule has 0 aliphatic heterocycles. The average Bonchev–Trinajstić information content (AvgIpc) is 2.15. The van der Waals surface area contributed by atoms with Gasteiger partial charge in [0.1, 0.15) is 0 Å². The fraction of sp³-hybridized carbons (Fsp3) is 0.286. The van der Waals surface area contributed by atoms with Crippen molar-refractivity contribution in [1.29, 1.82) is 0 Å². The van der Waals surface area contributed by atoms with Crippen molar-refractivity contribution in [3.8, 4) is 0 Å². The number of rotatable bonds is 5. The first-order valence-electron chi connectivity index (χ1n) is 4.36. The average molecular weight is 263 g/mol. The fourth-order valence-corrected chi connectivity index (χ4v) is 2.00. The van der Waals surface area contributed by atoms with Crippen molar-refractivity contribution in [2.75, 3.05) is 6.54 Å². The molecule has 0 saturated carbocycles. The number of sulfonamides is 1. The number of aromatic amines is 2. The van der Waals surface area contributed by atoms with Crippen LogP contribution in [0.15, 0.2) is 20.7 Å². The van der Waals surface area contributed by atoms with Gasteiger partial charge in [-0.25, -0.2) is 17.9 Å². The Kier molecular flexibility index (Phi) is 3.81. The van der Waals surface area contributed by atoms with Gasteiger partial charge in [0, 0.05) is 12.7 Å². The summed E-state index contributed by atoms with van der Waals surface area (Å²) in [6.45, 7) is -0.351. The molecule has 0 bridgehead atoms. The van der Waals surface area contributed by atoms with Crippen LogP contribution in [-0.4, -0.2) is 36.0 Å². The molecule has 1 rings (SSSR count). The second-order valence-corrected chi connectivity index (χ2v) is 4.71. The molecule has 0 radical (unpaired) electrons. The minimum Gasteiger partial charge on any atom is -0.481 e. The molecule has 1 heterocycles. The topological polar surface area (TPSA) is 149 Å². The van der Waals surface area contributed by atoms with Crippen molar-refractivity contribution in [3.05, 3.63) is 27.0 Å². The van der Waals surface area contributed by atoms with Crippen LogP contribution in [0.2, 0.25) is 0 Å². The van der Waals surface area contributed by atoms with E-state index in [0.717, 1.165) is 6.20 Å².